The van der Waals surface area contributed by atoms with Crippen molar-refractivity contribution in [3.05, 3.63) is 23.7 Å². The molecule has 0 rings (SSSR count). The van der Waals surface area contributed by atoms with Crippen molar-refractivity contribution in [1.82, 2.24) is 0 Å². The van der Waals surface area contributed by atoms with E-state index in [9.17, 15) is 19.8 Å². The Morgan fingerprint density at radius 1 is 0.800 bits per heavy atom. The summed E-state index contributed by atoms with van der Waals surface area (Å²) < 4.78 is 9.24. The first kappa shape index (κ1) is 28.3. The zero-order valence-corrected chi connectivity index (χ0v) is 16.9. The van der Waals surface area contributed by atoms with E-state index in [1.807, 2.05) is 27.7 Å². The summed E-state index contributed by atoms with van der Waals surface area (Å²) in [7, 11) is 0. The van der Waals surface area contributed by atoms with E-state index in [-0.39, 0.29) is 28.6 Å². The molecule has 0 heterocycles. The van der Waals surface area contributed by atoms with Crippen molar-refractivity contribution in [2.45, 2.75) is 54.4 Å². The largest absolute Gasteiger partial charge is 0.512 e. The second kappa shape index (κ2) is 17.4. The van der Waals surface area contributed by atoms with Crippen molar-refractivity contribution >= 4 is 11.9 Å². The Hall–Kier alpha value is -1.46. The van der Waals surface area contributed by atoms with Crippen LogP contribution in [0.15, 0.2) is 23.7 Å². The Morgan fingerprint density at radius 2 is 1.08 bits per heavy atom. The average Bonchev–Trinajstić information content (AvgIpc) is 2.37. The fraction of sp³-hybridized carbons (Fsp3) is 0.667. The standard InChI is InChI=1S/2C9H16O3.Cu/c2*1-4-12-9(11)6-8(10)5-7(2)3;/h2*6-7,10H,4-5H2,1-3H3;/b2*8-6+;. The molecule has 1 radical (unpaired) electrons. The summed E-state index contributed by atoms with van der Waals surface area (Å²) in [4.78, 5) is 21.6. The molecule has 0 saturated heterocycles. The Morgan fingerprint density at radius 3 is 1.28 bits per heavy atom. The molecule has 0 aliphatic heterocycles. The van der Waals surface area contributed by atoms with Crippen molar-refractivity contribution in [3.63, 3.8) is 0 Å². The van der Waals surface area contributed by atoms with Crippen molar-refractivity contribution < 1.29 is 46.3 Å². The van der Waals surface area contributed by atoms with Crippen molar-refractivity contribution in [3.8, 4) is 0 Å². The fourth-order valence-corrected chi connectivity index (χ4v) is 1.59. The van der Waals surface area contributed by atoms with E-state index in [1.165, 1.54) is 0 Å². The molecule has 0 amide bonds. The van der Waals surface area contributed by atoms with Crippen molar-refractivity contribution in [1.29, 1.82) is 0 Å². The smallest absolute Gasteiger partial charge is 0.334 e. The van der Waals surface area contributed by atoms with E-state index in [1.54, 1.807) is 13.8 Å². The molecule has 151 valence electrons. The molecule has 0 saturated carbocycles. The number of ether oxygens (including phenoxy) is 2. The SMILES string of the molecule is CCOC(=O)/C=C(/O)CC(C)C.CCOC(=O)/C=C(/O)CC(C)C.[Cu]. The van der Waals surface area contributed by atoms with Crippen molar-refractivity contribution in [2.24, 2.45) is 11.8 Å². The van der Waals surface area contributed by atoms with Gasteiger partial charge in [-0.3, -0.25) is 0 Å². The molecule has 0 aromatic rings. The molecule has 2 N–H and O–H groups in total. The topological polar surface area (TPSA) is 93.1 Å². The molecule has 25 heavy (non-hydrogen) atoms. The van der Waals surface area contributed by atoms with Crippen LogP contribution in [-0.4, -0.2) is 35.4 Å². The predicted molar refractivity (Wildman–Crippen MR) is 93.6 cm³/mol. The van der Waals surface area contributed by atoms with Gasteiger partial charge in [-0.15, -0.1) is 0 Å². The van der Waals surface area contributed by atoms with Gasteiger partial charge in [0.25, 0.3) is 0 Å². The third kappa shape index (κ3) is 22.5. The van der Waals surface area contributed by atoms with Crippen LogP contribution in [0.5, 0.6) is 0 Å². The summed E-state index contributed by atoms with van der Waals surface area (Å²) >= 11 is 0. The first-order chi connectivity index (χ1) is 11.1. The normalized spacial score (nSPS) is 11.4. The molecule has 0 aromatic carbocycles. The minimum Gasteiger partial charge on any atom is -0.512 e. The van der Waals surface area contributed by atoms with Crippen LogP contribution in [0.3, 0.4) is 0 Å². The summed E-state index contributed by atoms with van der Waals surface area (Å²) in [5, 5.41) is 18.4. The van der Waals surface area contributed by atoms with Crippen LogP contribution in [0.2, 0.25) is 0 Å². The van der Waals surface area contributed by atoms with E-state index in [0.717, 1.165) is 12.2 Å². The molecule has 0 unspecified atom stereocenters. The van der Waals surface area contributed by atoms with E-state index < -0.39 is 11.9 Å². The minimum absolute atomic E-state index is 0. The van der Waals surface area contributed by atoms with Gasteiger partial charge in [-0.1, -0.05) is 27.7 Å². The number of carbonyl (C=O) groups excluding carboxylic acids is 2. The van der Waals surface area contributed by atoms with E-state index in [4.69, 9.17) is 0 Å². The number of carbonyl (C=O) groups is 2. The van der Waals surface area contributed by atoms with Gasteiger partial charge in [-0.2, -0.15) is 0 Å². The molecular formula is C18H32CuO6. The molecule has 0 aliphatic carbocycles. The first-order valence-electron chi connectivity index (χ1n) is 8.24. The molecule has 0 atom stereocenters. The number of allylic oxidation sites excluding steroid dienone is 2. The molecular weight excluding hydrogens is 376 g/mol. The summed E-state index contributed by atoms with van der Waals surface area (Å²) in [6, 6.07) is 0. The molecule has 6 nitrogen and oxygen atoms in total. The van der Waals surface area contributed by atoms with Gasteiger partial charge in [0.1, 0.15) is 0 Å². The summed E-state index contributed by atoms with van der Waals surface area (Å²) in [6.45, 7) is 12.0. The Bertz CT molecular complexity index is 387. The number of hydrogen-bond donors (Lipinski definition) is 2. The Balaban J connectivity index is -0.000000372. The number of aliphatic hydroxyl groups excluding tert-OH is 2. The third-order valence-electron chi connectivity index (χ3n) is 2.38. The quantitative estimate of drug-likeness (QED) is 0.272. The molecule has 7 heteroatoms. The van der Waals surface area contributed by atoms with Crippen LogP contribution in [-0.2, 0) is 36.1 Å². The van der Waals surface area contributed by atoms with Crippen LogP contribution in [0.4, 0.5) is 0 Å². The van der Waals surface area contributed by atoms with Gasteiger partial charge >= 0.3 is 11.9 Å². The number of hydrogen-bond acceptors (Lipinski definition) is 6. The maximum absolute atomic E-state index is 10.8. The number of esters is 2. The molecule has 0 bridgehead atoms. The zero-order chi connectivity index (χ0) is 19.1. The second-order valence-corrected chi connectivity index (χ2v) is 5.97. The summed E-state index contributed by atoms with van der Waals surface area (Å²) in [6.07, 6.45) is 3.28. The second-order valence-electron chi connectivity index (χ2n) is 5.97. The molecule has 0 aliphatic rings. The number of rotatable bonds is 8. The Kier molecular flexibility index (Phi) is 19.7. The van der Waals surface area contributed by atoms with Crippen LogP contribution in [0.1, 0.15) is 54.4 Å². The zero-order valence-electron chi connectivity index (χ0n) is 16.0. The van der Waals surface area contributed by atoms with Gasteiger partial charge in [0, 0.05) is 29.9 Å². The monoisotopic (exact) mass is 407 g/mol. The molecule has 0 spiro atoms. The maximum Gasteiger partial charge on any atom is 0.334 e. The first-order valence-corrected chi connectivity index (χ1v) is 8.24. The predicted octanol–water partition coefficient (Wildman–Crippen LogP) is 4.07. The van der Waals surface area contributed by atoms with Crippen LogP contribution in [0.25, 0.3) is 0 Å². The van der Waals surface area contributed by atoms with Gasteiger partial charge in [-0.25, -0.2) is 9.59 Å². The minimum atomic E-state index is -0.476. The van der Waals surface area contributed by atoms with E-state index >= 15 is 0 Å². The fourth-order valence-electron chi connectivity index (χ4n) is 1.59. The van der Waals surface area contributed by atoms with Gasteiger partial charge in [0.05, 0.1) is 36.9 Å². The van der Waals surface area contributed by atoms with Crippen LogP contribution < -0.4 is 0 Å². The maximum atomic E-state index is 10.8. The van der Waals surface area contributed by atoms with Gasteiger partial charge in [-0.05, 0) is 25.7 Å². The summed E-state index contributed by atoms with van der Waals surface area (Å²) in [5.74, 6) is -0.0930. The van der Waals surface area contributed by atoms with Crippen LogP contribution >= 0.6 is 0 Å². The van der Waals surface area contributed by atoms with Crippen LogP contribution in [0, 0.1) is 11.8 Å². The van der Waals surface area contributed by atoms with Gasteiger partial charge < -0.3 is 19.7 Å². The van der Waals surface area contributed by atoms with Gasteiger partial charge in [0.15, 0.2) is 0 Å². The number of aliphatic hydroxyl groups is 2. The third-order valence-corrected chi connectivity index (χ3v) is 2.38. The molecule has 0 aromatic heterocycles. The van der Waals surface area contributed by atoms with E-state index in [0.29, 0.717) is 37.9 Å². The molecule has 0 fully saturated rings. The van der Waals surface area contributed by atoms with Gasteiger partial charge in [0.2, 0.25) is 0 Å². The van der Waals surface area contributed by atoms with Crippen molar-refractivity contribution in [2.75, 3.05) is 13.2 Å². The summed E-state index contributed by atoms with van der Waals surface area (Å²) in [5.41, 5.74) is 0. The van der Waals surface area contributed by atoms with E-state index in [2.05, 4.69) is 9.47 Å². The Labute approximate surface area is 161 Å². The average molecular weight is 408 g/mol.